The van der Waals surface area contributed by atoms with Gasteiger partial charge < -0.3 is 10.3 Å². The van der Waals surface area contributed by atoms with Crippen LogP contribution >= 0.6 is 0 Å². The fourth-order valence-corrected chi connectivity index (χ4v) is 6.11. The number of hydrogen-bond donors (Lipinski definition) is 3. The highest BCUT2D eigenvalue weighted by Crippen LogP contribution is 2.53. The number of nitrogens with zero attached hydrogens (tertiary/aromatic N) is 1. The van der Waals surface area contributed by atoms with E-state index in [0.717, 1.165) is 22.0 Å². The molecule has 3 aromatic rings. The molecule has 3 N–H and O–H groups in total. The number of amides is 3. The lowest BCUT2D eigenvalue weighted by Gasteiger charge is -2.31. The van der Waals surface area contributed by atoms with Crippen LogP contribution in [0, 0.1) is 11.8 Å². The summed E-state index contributed by atoms with van der Waals surface area (Å²) < 4.78 is 0. The van der Waals surface area contributed by atoms with Crippen molar-refractivity contribution in [3.8, 4) is 0 Å². The molecule has 3 amide bonds. The average Bonchev–Trinajstić information content (AvgIpc) is 3.53. The summed E-state index contributed by atoms with van der Waals surface area (Å²) in [5.74, 6) is -2.05. The van der Waals surface area contributed by atoms with Crippen LogP contribution in [0.4, 0.5) is 5.69 Å². The minimum absolute atomic E-state index is 0.175. The molecule has 7 nitrogen and oxygen atoms in total. The fraction of sp³-hybridized carbons (Fsp3) is 0.346. The molecule has 0 radical (unpaired) electrons. The van der Waals surface area contributed by atoms with E-state index in [-0.39, 0.29) is 29.8 Å². The smallest absolute Gasteiger partial charge is 0.250 e. The van der Waals surface area contributed by atoms with Crippen molar-refractivity contribution in [1.82, 2.24) is 15.2 Å². The molecular formula is C26H26N4O3. The second-order valence-corrected chi connectivity index (χ2v) is 9.43. The van der Waals surface area contributed by atoms with Gasteiger partial charge in [0.25, 0.3) is 0 Å². The summed E-state index contributed by atoms with van der Waals surface area (Å²) in [6, 6.07) is 14.9. The molecule has 3 aliphatic heterocycles. The largest absolute Gasteiger partial charge is 0.361 e. The average molecular weight is 443 g/mol. The van der Waals surface area contributed by atoms with Crippen LogP contribution in [0.2, 0.25) is 0 Å². The number of benzene rings is 2. The van der Waals surface area contributed by atoms with Crippen molar-refractivity contribution in [1.29, 1.82) is 0 Å². The second kappa shape index (κ2) is 7.02. The summed E-state index contributed by atoms with van der Waals surface area (Å²) in [5.41, 5.74) is 2.29. The fourth-order valence-electron chi connectivity index (χ4n) is 6.11. The van der Waals surface area contributed by atoms with Gasteiger partial charge in [-0.3, -0.25) is 24.6 Å². The summed E-state index contributed by atoms with van der Waals surface area (Å²) in [6.07, 6.45) is 3.17. The Morgan fingerprint density at radius 1 is 1.03 bits per heavy atom. The Bertz CT molecular complexity index is 1310. The predicted molar refractivity (Wildman–Crippen MR) is 124 cm³/mol. The number of aromatic amines is 1. The van der Waals surface area contributed by atoms with E-state index in [9.17, 15) is 14.4 Å². The molecule has 4 heterocycles. The van der Waals surface area contributed by atoms with Crippen LogP contribution in [0.3, 0.4) is 0 Å². The zero-order chi connectivity index (χ0) is 22.9. The van der Waals surface area contributed by atoms with E-state index in [0.29, 0.717) is 18.5 Å². The maximum absolute atomic E-state index is 13.8. The number of aromatic nitrogens is 1. The van der Waals surface area contributed by atoms with Gasteiger partial charge in [0.1, 0.15) is 5.54 Å². The first-order chi connectivity index (χ1) is 16.0. The first-order valence-corrected chi connectivity index (χ1v) is 11.6. The highest BCUT2D eigenvalue weighted by Gasteiger charge is 2.70. The Hall–Kier alpha value is -3.45. The zero-order valence-electron chi connectivity index (χ0n) is 18.6. The van der Waals surface area contributed by atoms with Gasteiger partial charge in [-0.2, -0.15) is 0 Å². The van der Waals surface area contributed by atoms with Crippen LogP contribution in [-0.4, -0.2) is 39.7 Å². The number of carbonyl (C=O) groups excluding carboxylic acids is 3. The molecule has 1 spiro atoms. The van der Waals surface area contributed by atoms with Crippen molar-refractivity contribution >= 4 is 34.3 Å². The number of rotatable bonds is 4. The van der Waals surface area contributed by atoms with E-state index in [2.05, 4.69) is 15.6 Å². The van der Waals surface area contributed by atoms with Gasteiger partial charge in [-0.05, 0) is 37.5 Å². The van der Waals surface area contributed by atoms with E-state index < -0.39 is 17.4 Å². The molecule has 2 aromatic carbocycles. The normalized spacial score (nSPS) is 29.1. The van der Waals surface area contributed by atoms with Crippen molar-refractivity contribution < 1.29 is 14.4 Å². The lowest BCUT2D eigenvalue weighted by atomic mass is 9.76. The Kier molecular flexibility index (Phi) is 4.29. The highest BCUT2D eigenvalue weighted by atomic mass is 16.2. The van der Waals surface area contributed by atoms with E-state index in [4.69, 9.17) is 0 Å². The van der Waals surface area contributed by atoms with E-state index >= 15 is 0 Å². The van der Waals surface area contributed by atoms with Gasteiger partial charge in [0, 0.05) is 40.4 Å². The quantitative estimate of drug-likeness (QED) is 0.542. The number of anilines is 1. The summed E-state index contributed by atoms with van der Waals surface area (Å²) in [7, 11) is 0. The van der Waals surface area contributed by atoms with Crippen LogP contribution in [0.25, 0.3) is 10.9 Å². The summed E-state index contributed by atoms with van der Waals surface area (Å²) in [5, 5.41) is 7.56. The van der Waals surface area contributed by atoms with E-state index in [1.54, 1.807) is 0 Å². The number of imide groups is 1. The van der Waals surface area contributed by atoms with Crippen molar-refractivity contribution in [3.05, 3.63) is 65.9 Å². The van der Waals surface area contributed by atoms with Crippen molar-refractivity contribution in [2.45, 2.75) is 44.3 Å². The zero-order valence-corrected chi connectivity index (χ0v) is 18.6. The number of nitrogens with one attached hydrogen (secondary N) is 3. The van der Waals surface area contributed by atoms with Gasteiger partial charge in [0.2, 0.25) is 17.7 Å². The Labute approximate surface area is 191 Å². The van der Waals surface area contributed by atoms with Gasteiger partial charge in [-0.15, -0.1) is 0 Å². The molecule has 3 aliphatic rings. The SMILES string of the molecule is CC[C@H](C)N1C(=O)[C@@H]2[C@H](Cc3c[nH]c4ccccc34)N[C@]3(C(=O)Nc4ccccc43)[C@@H]2C1=O. The van der Waals surface area contributed by atoms with Gasteiger partial charge in [-0.25, -0.2) is 0 Å². The van der Waals surface area contributed by atoms with Crippen LogP contribution in [0.15, 0.2) is 54.7 Å². The maximum Gasteiger partial charge on any atom is 0.250 e. The van der Waals surface area contributed by atoms with Gasteiger partial charge in [-0.1, -0.05) is 43.3 Å². The number of hydrogen-bond acceptors (Lipinski definition) is 4. The van der Waals surface area contributed by atoms with Crippen molar-refractivity contribution in [2.24, 2.45) is 11.8 Å². The minimum atomic E-state index is -1.24. The molecule has 0 bridgehead atoms. The van der Waals surface area contributed by atoms with Crippen LogP contribution in [-0.2, 0) is 26.3 Å². The Morgan fingerprint density at radius 3 is 2.61 bits per heavy atom. The molecule has 2 saturated heterocycles. The van der Waals surface area contributed by atoms with Crippen molar-refractivity contribution in [2.75, 3.05) is 5.32 Å². The molecule has 6 rings (SSSR count). The monoisotopic (exact) mass is 442 g/mol. The maximum atomic E-state index is 13.8. The summed E-state index contributed by atoms with van der Waals surface area (Å²) in [6.45, 7) is 3.86. The number of para-hydroxylation sites is 2. The molecule has 1 aromatic heterocycles. The molecule has 0 saturated carbocycles. The summed E-state index contributed by atoms with van der Waals surface area (Å²) >= 11 is 0. The number of likely N-dealkylation sites (tertiary alicyclic amines) is 1. The topological polar surface area (TPSA) is 94.3 Å². The van der Waals surface area contributed by atoms with E-state index in [1.165, 1.54) is 4.90 Å². The molecule has 168 valence electrons. The Balaban J connectivity index is 1.49. The van der Waals surface area contributed by atoms with E-state index in [1.807, 2.05) is 68.6 Å². The predicted octanol–water partition coefficient (Wildman–Crippen LogP) is 2.93. The second-order valence-electron chi connectivity index (χ2n) is 9.43. The summed E-state index contributed by atoms with van der Waals surface area (Å²) in [4.78, 5) is 45.6. The third kappa shape index (κ3) is 2.57. The lowest BCUT2D eigenvalue weighted by molar-refractivity contribution is -0.145. The number of H-pyrrole nitrogens is 1. The molecule has 5 atom stereocenters. The van der Waals surface area contributed by atoms with Crippen molar-refractivity contribution in [3.63, 3.8) is 0 Å². The van der Waals surface area contributed by atoms with Crippen LogP contribution in [0.1, 0.15) is 31.4 Å². The first-order valence-electron chi connectivity index (χ1n) is 11.6. The third-order valence-corrected chi connectivity index (χ3v) is 7.80. The molecule has 7 heteroatoms. The highest BCUT2D eigenvalue weighted by molar-refractivity contribution is 6.15. The molecule has 0 aliphatic carbocycles. The van der Waals surface area contributed by atoms with Crippen LogP contribution < -0.4 is 10.6 Å². The molecule has 0 unspecified atom stereocenters. The standard InChI is InChI=1S/C26H26N4O3/c1-3-14(2)30-23(31)21-20(12-15-13-27-18-10-6-4-8-16(15)18)29-26(22(21)24(30)32)17-9-5-7-11-19(17)28-25(26)33/h4-11,13-14,20-22,27,29H,3,12H2,1-2H3,(H,28,33)/t14-,20-,21+,22-,26-/m0/s1. The van der Waals surface area contributed by atoms with Gasteiger partial charge >= 0.3 is 0 Å². The minimum Gasteiger partial charge on any atom is -0.361 e. The molecular weight excluding hydrogens is 416 g/mol. The first kappa shape index (κ1) is 20.2. The molecule has 2 fully saturated rings. The number of fused-ring (bicyclic) bond motifs is 5. The molecule has 33 heavy (non-hydrogen) atoms. The van der Waals surface area contributed by atoms with Gasteiger partial charge in [0.15, 0.2) is 0 Å². The number of carbonyl (C=O) groups is 3. The Morgan fingerprint density at radius 2 is 1.79 bits per heavy atom. The van der Waals surface area contributed by atoms with Crippen LogP contribution in [0.5, 0.6) is 0 Å². The lowest BCUT2D eigenvalue weighted by Crippen LogP contribution is -2.54. The third-order valence-electron chi connectivity index (χ3n) is 7.80. The van der Waals surface area contributed by atoms with Gasteiger partial charge in [0.05, 0.1) is 11.8 Å².